The molecule has 2 rings (SSSR count). The van der Waals surface area contributed by atoms with Crippen molar-refractivity contribution in [2.45, 2.75) is 25.5 Å². The summed E-state index contributed by atoms with van der Waals surface area (Å²) >= 11 is 5.85. The Morgan fingerprint density at radius 3 is 2.88 bits per heavy atom. The zero-order valence-corrected chi connectivity index (χ0v) is 10.2. The van der Waals surface area contributed by atoms with Crippen molar-refractivity contribution in [3.8, 4) is 0 Å². The normalized spacial score (nSPS) is 26.2. The Balaban J connectivity index is 2.05. The maximum atomic E-state index is 9.86. The van der Waals surface area contributed by atoms with E-state index in [4.69, 9.17) is 17.3 Å². The van der Waals surface area contributed by atoms with Crippen LogP contribution in [0.1, 0.15) is 18.9 Å². The first kappa shape index (κ1) is 11.7. The summed E-state index contributed by atoms with van der Waals surface area (Å²) in [4.78, 5) is 2.21. The van der Waals surface area contributed by atoms with Crippen LogP contribution in [0.4, 0.5) is 5.69 Å². The second-order valence-corrected chi connectivity index (χ2v) is 5.24. The first-order valence-corrected chi connectivity index (χ1v) is 5.83. The minimum atomic E-state index is -0.554. The lowest BCUT2D eigenvalue weighted by molar-refractivity contribution is 0.0679. The highest BCUT2D eigenvalue weighted by Crippen LogP contribution is 2.25. The molecule has 4 heteroatoms. The molecule has 88 valence electrons. The van der Waals surface area contributed by atoms with Gasteiger partial charge < -0.3 is 10.8 Å². The van der Waals surface area contributed by atoms with E-state index in [0.717, 1.165) is 30.8 Å². The number of rotatable bonds is 2. The summed E-state index contributed by atoms with van der Waals surface area (Å²) in [5.74, 6) is 0. The minimum Gasteiger partial charge on any atom is -0.398 e. The highest BCUT2D eigenvalue weighted by atomic mass is 35.5. The number of nitrogen functional groups attached to an aromatic ring is 1. The van der Waals surface area contributed by atoms with Crippen molar-refractivity contribution in [3.63, 3.8) is 0 Å². The van der Waals surface area contributed by atoms with Crippen molar-refractivity contribution < 1.29 is 5.11 Å². The van der Waals surface area contributed by atoms with Crippen LogP contribution in [0.3, 0.4) is 0 Å². The summed E-state index contributed by atoms with van der Waals surface area (Å²) in [6.07, 6.45) is 0.820. The van der Waals surface area contributed by atoms with Crippen molar-refractivity contribution in [1.82, 2.24) is 4.90 Å². The first-order chi connectivity index (χ1) is 7.46. The quantitative estimate of drug-likeness (QED) is 0.776. The van der Waals surface area contributed by atoms with Gasteiger partial charge in [0.25, 0.3) is 0 Å². The molecular formula is C12H17ClN2O. The Morgan fingerprint density at radius 1 is 1.56 bits per heavy atom. The fourth-order valence-electron chi connectivity index (χ4n) is 2.12. The highest BCUT2D eigenvalue weighted by molar-refractivity contribution is 6.30. The monoisotopic (exact) mass is 240 g/mol. The van der Waals surface area contributed by atoms with Gasteiger partial charge in [0.2, 0.25) is 0 Å². The van der Waals surface area contributed by atoms with Gasteiger partial charge in [-0.1, -0.05) is 17.7 Å². The van der Waals surface area contributed by atoms with Crippen LogP contribution in [0.25, 0.3) is 0 Å². The molecule has 1 atom stereocenters. The van der Waals surface area contributed by atoms with Gasteiger partial charge in [-0.3, -0.25) is 4.90 Å². The molecule has 1 unspecified atom stereocenters. The van der Waals surface area contributed by atoms with Gasteiger partial charge in [-0.15, -0.1) is 0 Å². The number of anilines is 1. The molecule has 1 aromatic carbocycles. The molecule has 1 fully saturated rings. The molecule has 0 saturated carbocycles. The number of nitrogens with two attached hydrogens (primary N) is 1. The van der Waals surface area contributed by atoms with Gasteiger partial charge in [-0.05, 0) is 31.0 Å². The number of β-amino-alcohol motifs (C(OH)–C–C–N with tert-alkyl or cyclic N) is 1. The Labute approximate surface area is 101 Å². The van der Waals surface area contributed by atoms with Crippen LogP contribution in [-0.4, -0.2) is 28.7 Å². The van der Waals surface area contributed by atoms with Gasteiger partial charge in [0, 0.05) is 30.3 Å². The van der Waals surface area contributed by atoms with Crippen LogP contribution in [0.15, 0.2) is 18.2 Å². The number of aliphatic hydroxyl groups is 1. The molecule has 3 N–H and O–H groups in total. The number of nitrogens with zero attached hydrogens (tertiary/aromatic N) is 1. The van der Waals surface area contributed by atoms with Crippen LogP contribution in [0, 0.1) is 0 Å². The third-order valence-electron chi connectivity index (χ3n) is 3.03. The van der Waals surface area contributed by atoms with Crippen molar-refractivity contribution in [2.24, 2.45) is 0 Å². The molecule has 1 aromatic rings. The van der Waals surface area contributed by atoms with Gasteiger partial charge in [0.1, 0.15) is 0 Å². The molecule has 1 aliphatic rings. The van der Waals surface area contributed by atoms with Crippen LogP contribution in [-0.2, 0) is 6.54 Å². The van der Waals surface area contributed by atoms with E-state index in [0.29, 0.717) is 11.6 Å². The van der Waals surface area contributed by atoms with E-state index in [-0.39, 0.29) is 0 Å². The minimum absolute atomic E-state index is 0.554. The molecular weight excluding hydrogens is 224 g/mol. The molecule has 1 heterocycles. The molecule has 1 saturated heterocycles. The summed E-state index contributed by atoms with van der Waals surface area (Å²) in [6.45, 7) is 4.27. The van der Waals surface area contributed by atoms with Crippen molar-refractivity contribution >= 4 is 17.3 Å². The zero-order chi connectivity index (χ0) is 11.8. The van der Waals surface area contributed by atoms with Crippen molar-refractivity contribution in [1.29, 1.82) is 0 Å². The van der Waals surface area contributed by atoms with E-state index in [1.54, 1.807) is 6.07 Å². The molecule has 1 aliphatic heterocycles. The topological polar surface area (TPSA) is 49.5 Å². The second-order valence-electron chi connectivity index (χ2n) is 4.80. The zero-order valence-electron chi connectivity index (χ0n) is 9.41. The predicted octanol–water partition coefficient (Wildman–Crippen LogP) is 1.88. The third-order valence-corrected chi connectivity index (χ3v) is 3.27. The maximum absolute atomic E-state index is 9.86. The van der Waals surface area contributed by atoms with Crippen LogP contribution in [0.2, 0.25) is 5.02 Å². The third kappa shape index (κ3) is 2.67. The summed E-state index contributed by atoms with van der Waals surface area (Å²) < 4.78 is 0. The van der Waals surface area contributed by atoms with Crippen molar-refractivity contribution in [2.75, 3.05) is 18.8 Å². The Kier molecular flexibility index (Phi) is 3.10. The Hall–Kier alpha value is -0.770. The molecule has 0 radical (unpaired) electrons. The lowest BCUT2D eigenvalue weighted by atomic mass is 10.1. The lowest BCUT2D eigenvalue weighted by Gasteiger charge is -2.19. The van der Waals surface area contributed by atoms with Gasteiger partial charge in [-0.2, -0.15) is 0 Å². The van der Waals surface area contributed by atoms with Crippen LogP contribution >= 0.6 is 11.6 Å². The second kappa shape index (κ2) is 4.24. The summed E-state index contributed by atoms with van der Waals surface area (Å²) in [5, 5.41) is 10.5. The number of hydrogen-bond donors (Lipinski definition) is 2. The average molecular weight is 241 g/mol. The SMILES string of the molecule is CC1(O)CCN(Cc2ccc(Cl)cc2N)C1. The van der Waals surface area contributed by atoms with Gasteiger partial charge in [0.05, 0.1) is 5.60 Å². The molecule has 0 spiro atoms. The predicted molar refractivity (Wildman–Crippen MR) is 66.4 cm³/mol. The maximum Gasteiger partial charge on any atom is 0.0758 e. The van der Waals surface area contributed by atoms with Gasteiger partial charge in [-0.25, -0.2) is 0 Å². The van der Waals surface area contributed by atoms with Gasteiger partial charge in [0.15, 0.2) is 0 Å². The van der Waals surface area contributed by atoms with Crippen LogP contribution < -0.4 is 5.73 Å². The van der Waals surface area contributed by atoms with E-state index in [1.165, 1.54) is 0 Å². The molecule has 0 amide bonds. The smallest absolute Gasteiger partial charge is 0.0758 e. The van der Waals surface area contributed by atoms with Crippen molar-refractivity contribution in [3.05, 3.63) is 28.8 Å². The highest BCUT2D eigenvalue weighted by Gasteiger charge is 2.31. The summed E-state index contributed by atoms with van der Waals surface area (Å²) in [7, 11) is 0. The average Bonchev–Trinajstić information content (AvgIpc) is 2.51. The first-order valence-electron chi connectivity index (χ1n) is 5.45. The van der Waals surface area contributed by atoms with E-state index in [1.807, 2.05) is 19.1 Å². The number of halogens is 1. The number of hydrogen-bond acceptors (Lipinski definition) is 3. The van der Waals surface area contributed by atoms with E-state index >= 15 is 0 Å². The largest absolute Gasteiger partial charge is 0.398 e. The molecule has 0 aromatic heterocycles. The van der Waals surface area contributed by atoms with E-state index in [2.05, 4.69) is 4.90 Å². The Morgan fingerprint density at radius 2 is 2.31 bits per heavy atom. The summed E-state index contributed by atoms with van der Waals surface area (Å²) in [6, 6.07) is 5.57. The molecule has 3 nitrogen and oxygen atoms in total. The fourth-order valence-corrected chi connectivity index (χ4v) is 2.30. The van der Waals surface area contributed by atoms with E-state index < -0.39 is 5.60 Å². The lowest BCUT2D eigenvalue weighted by Crippen LogP contribution is -2.29. The molecule has 16 heavy (non-hydrogen) atoms. The number of likely N-dealkylation sites (tertiary alicyclic amines) is 1. The van der Waals surface area contributed by atoms with E-state index in [9.17, 15) is 5.11 Å². The van der Waals surface area contributed by atoms with Gasteiger partial charge >= 0.3 is 0 Å². The Bertz CT molecular complexity index is 393. The number of benzene rings is 1. The summed E-state index contributed by atoms with van der Waals surface area (Å²) in [5.41, 5.74) is 7.13. The molecule has 0 bridgehead atoms. The van der Waals surface area contributed by atoms with Crippen LogP contribution in [0.5, 0.6) is 0 Å². The standard InChI is InChI=1S/C12H17ClN2O/c1-12(16)4-5-15(8-12)7-9-2-3-10(13)6-11(9)14/h2-3,6,16H,4-5,7-8,14H2,1H3. The fraction of sp³-hybridized carbons (Fsp3) is 0.500. The molecule has 0 aliphatic carbocycles.